The minimum Gasteiger partial charge on any atom is -0.465 e. The van der Waals surface area contributed by atoms with Crippen molar-refractivity contribution >= 4 is 40.9 Å². The summed E-state index contributed by atoms with van der Waals surface area (Å²) >= 11 is 6.95. The van der Waals surface area contributed by atoms with E-state index in [1.807, 2.05) is 18.2 Å². The van der Waals surface area contributed by atoms with Crippen LogP contribution >= 0.6 is 23.4 Å². The monoisotopic (exact) mass is 269 g/mol. The minimum absolute atomic E-state index is 0.150. The summed E-state index contributed by atoms with van der Waals surface area (Å²) in [6, 6.07) is 7.27. The van der Waals surface area contributed by atoms with Crippen LogP contribution in [0.5, 0.6) is 0 Å². The number of halogens is 1. The van der Waals surface area contributed by atoms with Gasteiger partial charge in [-0.15, -0.1) is 0 Å². The lowest BCUT2D eigenvalue weighted by atomic mass is 10.3. The molecule has 1 aliphatic rings. The molecule has 0 atom stereocenters. The van der Waals surface area contributed by atoms with Crippen LogP contribution < -0.4 is 5.32 Å². The van der Waals surface area contributed by atoms with E-state index in [-0.39, 0.29) is 9.94 Å². The molecule has 0 saturated carbocycles. The molecule has 1 aromatic rings. The second-order valence-electron chi connectivity index (χ2n) is 3.19. The third-order valence-corrected chi connectivity index (χ3v) is 3.74. The van der Waals surface area contributed by atoms with E-state index >= 15 is 0 Å². The highest BCUT2D eigenvalue weighted by molar-refractivity contribution is 8.04. The molecule has 1 aromatic carbocycles. The lowest BCUT2D eigenvalue weighted by Gasteiger charge is -2.18. The molecule has 0 aliphatic carbocycles. The fourth-order valence-electron chi connectivity index (χ4n) is 1.32. The van der Waals surface area contributed by atoms with E-state index in [0.717, 1.165) is 16.7 Å². The van der Waals surface area contributed by atoms with Crippen LogP contribution in [0.1, 0.15) is 0 Å². The van der Waals surface area contributed by atoms with E-state index in [1.54, 1.807) is 6.07 Å². The number of anilines is 1. The number of ether oxygens (including phenoxy) is 1. The van der Waals surface area contributed by atoms with Gasteiger partial charge in [-0.3, -0.25) is 4.79 Å². The molecule has 0 saturated heterocycles. The maximum atomic E-state index is 11.7. The van der Waals surface area contributed by atoms with E-state index in [1.165, 1.54) is 7.11 Å². The van der Waals surface area contributed by atoms with Crippen molar-refractivity contribution in [1.82, 2.24) is 0 Å². The third kappa shape index (κ3) is 2.30. The predicted molar refractivity (Wildman–Crippen MR) is 65.8 cm³/mol. The number of rotatable bonds is 1. The van der Waals surface area contributed by atoms with E-state index < -0.39 is 11.9 Å². The Morgan fingerprint density at radius 3 is 2.82 bits per heavy atom. The summed E-state index contributed by atoms with van der Waals surface area (Å²) in [6.07, 6.45) is 0. The molecule has 1 N–H and O–H groups in total. The van der Waals surface area contributed by atoms with Crippen molar-refractivity contribution in [3.8, 4) is 0 Å². The summed E-state index contributed by atoms with van der Waals surface area (Å²) in [5.74, 6) is -1.12. The minimum atomic E-state index is -0.719. The Morgan fingerprint density at radius 2 is 2.12 bits per heavy atom. The molecule has 0 bridgehead atoms. The first-order valence-corrected chi connectivity index (χ1v) is 5.89. The highest BCUT2D eigenvalue weighted by Crippen LogP contribution is 2.39. The molecule has 88 valence electrons. The van der Waals surface area contributed by atoms with Gasteiger partial charge in [-0.05, 0) is 12.1 Å². The summed E-state index contributed by atoms with van der Waals surface area (Å²) in [7, 11) is 1.21. The van der Waals surface area contributed by atoms with Crippen molar-refractivity contribution in [2.45, 2.75) is 4.90 Å². The first-order valence-electron chi connectivity index (χ1n) is 4.70. The molecule has 0 fully saturated rings. The molecule has 1 aliphatic heterocycles. The number of carbonyl (C=O) groups excluding carboxylic acids is 2. The summed E-state index contributed by atoms with van der Waals surface area (Å²) in [6.45, 7) is 0. The Kier molecular flexibility index (Phi) is 3.40. The second kappa shape index (κ2) is 4.81. The maximum Gasteiger partial charge on any atom is 0.350 e. The van der Waals surface area contributed by atoms with Gasteiger partial charge >= 0.3 is 5.97 Å². The molecule has 2 rings (SSSR count). The van der Waals surface area contributed by atoms with Crippen LogP contribution in [0.25, 0.3) is 0 Å². The number of amides is 1. The molecule has 0 radical (unpaired) electrons. The van der Waals surface area contributed by atoms with Crippen molar-refractivity contribution in [1.29, 1.82) is 0 Å². The van der Waals surface area contributed by atoms with Crippen LogP contribution in [0.3, 0.4) is 0 Å². The van der Waals surface area contributed by atoms with Crippen molar-refractivity contribution in [2.24, 2.45) is 0 Å². The van der Waals surface area contributed by atoms with Gasteiger partial charge in [0.2, 0.25) is 0 Å². The van der Waals surface area contributed by atoms with Gasteiger partial charge in [0.05, 0.1) is 12.8 Å². The predicted octanol–water partition coefficient (Wildman–Crippen LogP) is 2.35. The molecule has 0 unspecified atom stereocenters. The molecular weight excluding hydrogens is 262 g/mol. The quantitative estimate of drug-likeness (QED) is 0.628. The number of thioether (sulfide) groups is 1. The highest BCUT2D eigenvalue weighted by Gasteiger charge is 2.26. The van der Waals surface area contributed by atoms with Crippen LogP contribution in [0.2, 0.25) is 0 Å². The zero-order chi connectivity index (χ0) is 12.4. The van der Waals surface area contributed by atoms with Gasteiger partial charge in [-0.1, -0.05) is 35.5 Å². The summed E-state index contributed by atoms with van der Waals surface area (Å²) < 4.78 is 4.48. The van der Waals surface area contributed by atoms with Crippen molar-refractivity contribution < 1.29 is 14.3 Å². The zero-order valence-electron chi connectivity index (χ0n) is 8.82. The van der Waals surface area contributed by atoms with Crippen molar-refractivity contribution in [3.63, 3.8) is 0 Å². The SMILES string of the molecule is COC(=O)/C(Cl)=C1/Sc2ccccc2NC1=O. The van der Waals surface area contributed by atoms with E-state index in [4.69, 9.17) is 11.6 Å². The Bertz CT molecular complexity index is 527. The number of esters is 1. The fraction of sp³-hybridized carbons (Fsp3) is 0.0909. The van der Waals surface area contributed by atoms with E-state index in [9.17, 15) is 9.59 Å². The summed E-state index contributed by atoms with van der Waals surface area (Å²) in [5, 5.41) is 2.46. The lowest BCUT2D eigenvalue weighted by molar-refractivity contribution is -0.135. The number of hydrogen-bond acceptors (Lipinski definition) is 4. The lowest BCUT2D eigenvalue weighted by Crippen LogP contribution is -2.20. The van der Waals surface area contributed by atoms with Crippen LogP contribution in [-0.2, 0) is 14.3 Å². The van der Waals surface area contributed by atoms with Gasteiger partial charge in [-0.25, -0.2) is 4.79 Å². The van der Waals surface area contributed by atoms with Crippen LogP contribution in [0, 0.1) is 0 Å². The maximum absolute atomic E-state index is 11.7. The van der Waals surface area contributed by atoms with Gasteiger partial charge in [-0.2, -0.15) is 0 Å². The third-order valence-electron chi connectivity index (χ3n) is 2.12. The average molecular weight is 270 g/mol. The van der Waals surface area contributed by atoms with Gasteiger partial charge in [0, 0.05) is 4.90 Å². The Hall–Kier alpha value is -1.46. The second-order valence-corrected chi connectivity index (χ2v) is 4.62. The number of hydrogen-bond donors (Lipinski definition) is 1. The number of benzene rings is 1. The molecule has 6 heteroatoms. The summed E-state index contributed by atoms with van der Waals surface area (Å²) in [4.78, 5) is 24.0. The Labute approximate surface area is 107 Å². The molecule has 1 amide bonds. The van der Waals surface area contributed by atoms with E-state index in [2.05, 4.69) is 10.1 Å². The number of nitrogens with one attached hydrogen (secondary N) is 1. The Morgan fingerprint density at radius 1 is 1.41 bits per heavy atom. The number of fused-ring (bicyclic) bond motifs is 1. The van der Waals surface area contributed by atoms with Gasteiger partial charge in [0.15, 0.2) is 0 Å². The highest BCUT2D eigenvalue weighted by atomic mass is 35.5. The fourth-order valence-corrected chi connectivity index (χ4v) is 2.51. The first-order chi connectivity index (χ1) is 8.13. The molecule has 17 heavy (non-hydrogen) atoms. The molecule has 0 aromatic heterocycles. The van der Waals surface area contributed by atoms with Crippen LogP contribution in [0.4, 0.5) is 5.69 Å². The Balaban J connectivity index is 2.42. The standard InChI is InChI=1S/C11H8ClNO3S/c1-16-11(15)8(12)9-10(14)13-6-4-2-3-5-7(6)17-9/h2-5H,1H3,(H,13,14)/b9-8-. The number of methoxy groups -OCH3 is 1. The smallest absolute Gasteiger partial charge is 0.350 e. The molecule has 0 spiro atoms. The van der Waals surface area contributed by atoms with Gasteiger partial charge in [0.1, 0.15) is 9.94 Å². The van der Waals surface area contributed by atoms with Crippen molar-refractivity contribution in [3.05, 3.63) is 34.2 Å². The van der Waals surface area contributed by atoms with E-state index in [0.29, 0.717) is 5.69 Å². The number of carbonyl (C=O) groups is 2. The van der Waals surface area contributed by atoms with Crippen molar-refractivity contribution in [2.75, 3.05) is 12.4 Å². The normalized spacial score (nSPS) is 16.9. The largest absolute Gasteiger partial charge is 0.465 e. The first kappa shape index (κ1) is 12.0. The van der Waals surface area contributed by atoms with Crippen LogP contribution in [-0.4, -0.2) is 19.0 Å². The topological polar surface area (TPSA) is 55.4 Å². The van der Waals surface area contributed by atoms with Crippen LogP contribution in [0.15, 0.2) is 39.1 Å². The molecule has 4 nitrogen and oxygen atoms in total. The van der Waals surface area contributed by atoms with Gasteiger partial charge in [0.25, 0.3) is 5.91 Å². The number of para-hydroxylation sites is 1. The zero-order valence-corrected chi connectivity index (χ0v) is 10.4. The van der Waals surface area contributed by atoms with Gasteiger partial charge < -0.3 is 10.1 Å². The average Bonchev–Trinajstić information content (AvgIpc) is 2.36. The molecule has 1 heterocycles. The summed E-state index contributed by atoms with van der Waals surface area (Å²) in [5.41, 5.74) is 0.709. The molecular formula is C11H8ClNO3S.